The largest absolute Gasteiger partial charge is 0.478 e. The standard InChI is InChI=1S/C15H21NO4S/c1-5-9-16(11(3)4)21(19,20)14-10-13(15(17)18)8-7-12(14)6-2/h5,7-8,10-11H,1,6,9H2,2-4H3,(H,17,18). The lowest BCUT2D eigenvalue weighted by atomic mass is 10.1. The molecule has 0 aromatic heterocycles. The van der Waals surface area contributed by atoms with E-state index in [0.29, 0.717) is 12.0 Å². The lowest BCUT2D eigenvalue weighted by Gasteiger charge is -2.25. The Hall–Kier alpha value is -1.66. The van der Waals surface area contributed by atoms with Crippen molar-refractivity contribution in [3.05, 3.63) is 42.0 Å². The quantitative estimate of drug-likeness (QED) is 0.785. The van der Waals surface area contributed by atoms with Crippen molar-refractivity contribution >= 4 is 16.0 Å². The van der Waals surface area contributed by atoms with Gasteiger partial charge in [-0.2, -0.15) is 4.31 Å². The Kier molecular flexibility index (Phi) is 5.69. The minimum Gasteiger partial charge on any atom is -0.478 e. The highest BCUT2D eigenvalue weighted by molar-refractivity contribution is 7.89. The van der Waals surface area contributed by atoms with Crippen LogP contribution in [0.4, 0.5) is 0 Å². The highest BCUT2D eigenvalue weighted by Gasteiger charge is 2.28. The number of hydrogen-bond donors (Lipinski definition) is 1. The molecule has 21 heavy (non-hydrogen) atoms. The summed E-state index contributed by atoms with van der Waals surface area (Å²) in [4.78, 5) is 11.1. The number of sulfonamides is 1. The molecule has 5 nitrogen and oxygen atoms in total. The van der Waals surface area contributed by atoms with Crippen molar-refractivity contribution < 1.29 is 18.3 Å². The normalized spacial score (nSPS) is 11.9. The third-order valence-electron chi connectivity index (χ3n) is 3.17. The number of hydrogen-bond acceptors (Lipinski definition) is 3. The lowest BCUT2D eigenvalue weighted by Crippen LogP contribution is -2.37. The summed E-state index contributed by atoms with van der Waals surface area (Å²) >= 11 is 0. The summed E-state index contributed by atoms with van der Waals surface area (Å²) in [6, 6.07) is 3.97. The number of aryl methyl sites for hydroxylation is 1. The first-order chi connectivity index (χ1) is 9.75. The van der Waals surface area contributed by atoms with E-state index in [-0.39, 0.29) is 23.0 Å². The van der Waals surface area contributed by atoms with Gasteiger partial charge in [0.15, 0.2) is 0 Å². The summed E-state index contributed by atoms with van der Waals surface area (Å²) in [7, 11) is -3.76. The number of rotatable bonds is 7. The molecule has 0 spiro atoms. The molecule has 0 radical (unpaired) electrons. The van der Waals surface area contributed by atoms with Crippen LogP contribution in [0.3, 0.4) is 0 Å². The van der Waals surface area contributed by atoms with Gasteiger partial charge in [0.05, 0.1) is 10.5 Å². The summed E-state index contributed by atoms with van der Waals surface area (Å²) in [5.41, 5.74) is 0.572. The van der Waals surface area contributed by atoms with Crippen LogP contribution in [0.1, 0.15) is 36.7 Å². The molecule has 0 bridgehead atoms. The molecule has 1 N–H and O–H groups in total. The van der Waals surface area contributed by atoms with Crippen molar-refractivity contribution in [2.45, 2.75) is 38.1 Å². The fraction of sp³-hybridized carbons (Fsp3) is 0.400. The second kappa shape index (κ2) is 6.87. The number of carboxylic acids is 1. The molecule has 0 aliphatic carbocycles. The van der Waals surface area contributed by atoms with Gasteiger partial charge >= 0.3 is 5.97 Å². The minimum atomic E-state index is -3.76. The molecule has 116 valence electrons. The second-order valence-corrected chi connectivity index (χ2v) is 6.80. The van der Waals surface area contributed by atoms with Gasteiger partial charge in [0.2, 0.25) is 10.0 Å². The molecule has 6 heteroatoms. The van der Waals surface area contributed by atoms with Crippen LogP contribution in [-0.4, -0.2) is 36.4 Å². The van der Waals surface area contributed by atoms with E-state index in [2.05, 4.69) is 6.58 Å². The van der Waals surface area contributed by atoms with Crippen LogP contribution in [0, 0.1) is 0 Å². The van der Waals surface area contributed by atoms with Gasteiger partial charge < -0.3 is 5.11 Å². The summed E-state index contributed by atoms with van der Waals surface area (Å²) in [5, 5.41) is 9.07. The Balaban J connectivity index is 3.50. The Bertz CT molecular complexity index is 635. The zero-order valence-corrected chi connectivity index (χ0v) is 13.4. The second-order valence-electron chi connectivity index (χ2n) is 4.94. The number of nitrogens with zero attached hydrogens (tertiary/aromatic N) is 1. The molecular weight excluding hydrogens is 290 g/mol. The molecule has 0 saturated carbocycles. The Morgan fingerprint density at radius 2 is 2.05 bits per heavy atom. The van der Waals surface area contributed by atoms with Crippen molar-refractivity contribution in [3.63, 3.8) is 0 Å². The van der Waals surface area contributed by atoms with E-state index in [1.807, 2.05) is 6.92 Å². The highest BCUT2D eigenvalue weighted by atomic mass is 32.2. The molecule has 0 fully saturated rings. The van der Waals surface area contributed by atoms with Gasteiger partial charge in [-0.1, -0.05) is 19.1 Å². The Morgan fingerprint density at radius 1 is 1.43 bits per heavy atom. The van der Waals surface area contributed by atoms with Gasteiger partial charge in [0.25, 0.3) is 0 Å². The summed E-state index contributed by atoms with van der Waals surface area (Å²) < 4.78 is 26.9. The van der Waals surface area contributed by atoms with E-state index in [1.165, 1.54) is 22.5 Å². The third kappa shape index (κ3) is 3.71. The maximum absolute atomic E-state index is 12.8. The van der Waals surface area contributed by atoms with Crippen molar-refractivity contribution in [3.8, 4) is 0 Å². The molecule has 0 aliphatic rings. The Morgan fingerprint density at radius 3 is 2.48 bits per heavy atom. The monoisotopic (exact) mass is 311 g/mol. The molecule has 0 aliphatic heterocycles. The van der Waals surface area contributed by atoms with E-state index in [4.69, 9.17) is 5.11 Å². The average Bonchev–Trinajstić information content (AvgIpc) is 2.43. The van der Waals surface area contributed by atoms with Crippen molar-refractivity contribution in [2.24, 2.45) is 0 Å². The van der Waals surface area contributed by atoms with Crippen LogP contribution in [-0.2, 0) is 16.4 Å². The molecule has 1 aromatic carbocycles. The third-order valence-corrected chi connectivity index (χ3v) is 5.29. The minimum absolute atomic E-state index is 0.0342. The number of benzene rings is 1. The lowest BCUT2D eigenvalue weighted by molar-refractivity contribution is 0.0696. The highest BCUT2D eigenvalue weighted by Crippen LogP contribution is 2.24. The molecule has 0 unspecified atom stereocenters. The maximum Gasteiger partial charge on any atom is 0.335 e. The van der Waals surface area contributed by atoms with Crippen LogP contribution in [0.25, 0.3) is 0 Å². The summed E-state index contributed by atoms with van der Waals surface area (Å²) in [5.74, 6) is -1.14. The predicted octanol–water partition coefficient (Wildman–Crippen LogP) is 2.53. The van der Waals surface area contributed by atoms with Gasteiger partial charge in [-0.3, -0.25) is 0 Å². The summed E-state index contributed by atoms with van der Waals surface area (Å²) in [6.45, 7) is 9.14. The molecule has 0 heterocycles. The van der Waals surface area contributed by atoms with Crippen molar-refractivity contribution in [1.29, 1.82) is 0 Å². The fourth-order valence-corrected chi connectivity index (χ4v) is 3.99. The number of aromatic carboxylic acids is 1. The zero-order valence-electron chi connectivity index (χ0n) is 12.5. The topological polar surface area (TPSA) is 74.7 Å². The van der Waals surface area contributed by atoms with Gasteiger partial charge in [-0.15, -0.1) is 6.58 Å². The first-order valence-electron chi connectivity index (χ1n) is 6.74. The van der Waals surface area contributed by atoms with E-state index in [0.717, 1.165) is 0 Å². The van der Waals surface area contributed by atoms with Gasteiger partial charge in [0.1, 0.15) is 0 Å². The number of carbonyl (C=O) groups is 1. The zero-order chi connectivity index (χ0) is 16.2. The first-order valence-corrected chi connectivity index (χ1v) is 8.18. The van der Waals surface area contributed by atoms with Crippen LogP contribution in [0.2, 0.25) is 0 Å². The fourth-order valence-electron chi connectivity index (χ4n) is 2.06. The Labute approximate surface area is 126 Å². The smallest absolute Gasteiger partial charge is 0.335 e. The SMILES string of the molecule is C=CCN(C(C)C)S(=O)(=O)c1cc(C(=O)O)ccc1CC. The molecule has 0 amide bonds. The molecular formula is C15H21NO4S. The van der Waals surface area contributed by atoms with Crippen molar-refractivity contribution in [1.82, 2.24) is 4.31 Å². The van der Waals surface area contributed by atoms with Gasteiger partial charge in [-0.25, -0.2) is 13.2 Å². The van der Waals surface area contributed by atoms with E-state index in [1.54, 1.807) is 19.9 Å². The van der Waals surface area contributed by atoms with Gasteiger partial charge in [0, 0.05) is 12.6 Å². The van der Waals surface area contributed by atoms with E-state index in [9.17, 15) is 13.2 Å². The molecule has 0 atom stereocenters. The van der Waals surface area contributed by atoms with Crippen LogP contribution < -0.4 is 0 Å². The van der Waals surface area contributed by atoms with Gasteiger partial charge in [-0.05, 0) is 38.0 Å². The van der Waals surface area contributed by atoms with E-state index < -0.39 is 16.0 Å². The molecule has 0 saturated heterocycles. The van der Waals surface area contributed by atoms with Crippen LogP contribution >= 0.6 is 0 Å². The maximum atomic E-state index is 12.8. The first kappa shape index (κ1) is 17.4. The van der Waals surface area contributed by atoms with Crippen LogP contribution in [0.5, 0.6) is 0 Å². The average molecular weight is 311 g/mol. The van der Waals surface area contributed by atoms with Crippen LogP contribution in [0.15, 0.2) is 35.7 Å². The number of carboxylic acid groups (broad SMARTS) is 1. The van der Waals surface area contributed by atoms with E-state index >= 15 is 0 Å². The molecule has 1 aromatic rings. The molecule has 1 rings (SSSR count). The summed E-state index contributed by atoms with van der Waals surface area (Å²) in [6.07, 6.45) is 2.03. The predicted molar refractivity (Wildman–Crippen MR) is 82.0 cm³/mol. The van der Waals surface area contributed by atoms with Crippen molar-refractivity contribution in [2.75, 3.05) is 6.54 Å².